The standard InChI is InChI=1S/C18H14N2O2/c21-10-11-5-6-17-14(7-11)15(18(22)20-17)8-12-9-19-16-4-2-1-3-13(12)16/h1-9,19,21H,10H2,(H,20,22). The van der Waals surface area contributed by atoms with Crippen LogP contribution >= 0.6 is 0 Å². The number of fused-ring (bicyclic) bond motifs is 2. The van der Waals surface area contributed by atoms with Crippen molar-refractivity contribution in [1.82, 2.24) is 4.98 Å². The fourth-order valence-electron chi connectivity index (χ4n) is 2.85. The van der Waals surface area contributed by atoms with Crippen LogP contribution in [0.1, 0.15) is 16.7 Å². The van der Waals surface area contributed by atoms with Crippen molar-refractivity contribution in [3.05, 3.63) is 65.4 Å². The zero-order valence-corrected chi connectivity index (χ0v) is 11.8. The van der Waals surface area contributed by atoms with Crippen molar-refractivity contribution in [3.8, 4) is 0 Å². The lowest BCUT2D eigenvalue weighted by Crippen LogP contribution is -2.03. The maximum Gasteiger partial charge on any atom is 0.256 e. The lowest BCUT2D eigenvalue weighted by molar-refractivity contribution is -0.110. The molecule has 1 aromatic heterocycles. The number of aliphatic hydroxyl groups is 1. The summed E-state index contributed by atoms with van der Waals surface area (Å²) in [5.74, 6) is -0.115. The minimum Gasteiger partial charge on any atom is -0.392 e. The molecule has 0 radical (unpaired) electrons. The van der Waals surface area contributed by atoms with E-state index in [2.05, 4.69) is 10.3 Å². The Labute approximate surface area is 127 Å². The van der Waals surface area contributed by atoms with E-state index >= 15 is 0 Å². The molecule has 4 heteroatoms. The number of anilines is 1. The third-order valence-corrected chi connectivity index (χ3v) is 3.97. The van der Waals surface area contributed by atoms with Gasteiger partial charge >= 0.3 is 0 Å². The first-order valence-electron chi connectivity index (χ1n) is 7.09. The van der Waals surface area contributed by atoms with Gasteiger partial charge in [-0.15, -0.1) is 0 Å². The highest BCUT2D eigenvalue weighted by molar-refractivity contribution is 6.35. The van der Waals surface area contributed by atoms with Crippen molar-refractivity contribution in [3.63, 3.8) is 0 Å². The van der Waals surface area contributed by atoms with Gasteiger partial charge in [0.1, 0.15) is 0 Å². The Hall–Kier alpha value is -2.85. The second-order valence-electron chi connectivity index (χ2n) is 5.34. The largest absolute Gasteiger partial charge is 0.392 e. The second-order valence-corrected chi connectivity index (χ2v) is 5.34. The number of benzene rings is 2. The molecule has 0 fully saturated rings. The molecule has 108 valence electrons. The minimum atomic E-state index is -0.115. The molecule has 4 rings (SSSR count). The Kier molecular flexibility index (Phi) is 2.84. The van der Waals surface area contributed by atoms with Gasteiger partial charge in [0, 0.05) is 39.5 Å². The van der Waals surface area contributed by atoms with Gasteiger partial charge in [-0.3, -0.25) is 4.79 Å². The van der Waals surface area contributed by atoms with Gasteiger partial charge in [0.2, 0.25) is 0 Å². The van der Waals surface area contributed by atoms with Crippen LogP contribution in [0.3, 0.4) is 0 Å². The molecule has 3 aromatic rings. The Morgan fingerprint density at radius 1 is 1.14 bits per heavy atom. The molecule has 0 aliphatic carbocycles. The number of amides is 1. The summed E-state index contributed by atoms with van der Waals surface area (Å²) in [4.78, 5) is 15.4. The second kappa shape index (κ2) is 4.86. The van der Waals surface area contributed by atoms with Crippen LogP contribution in [0, 0.1) is 0 Å². The monoisotopic (exact) mass is 290 g/mol. The van der Waals surface area contributed by atoms with Crippen molar-refractivity contribution in [2.75, 3.05) is 5.32 Å². The molecular formula is C18H14N2O2. The summed E-state index contributed by atoms with van der Waals surface area (Å²) < 4.78 is 0. The average molecular weight is 290 g/mol. The number of rotatable bonds is 2. The number of aromatic amines is 1. The number of H-pyrrole nitrogens is 1. The van der Waals surface area contributed by atoms with E-state index in [9.17, 15) is 9.90 Å². The molecule has 1 amide bonds. The van der Waals surface area contributed by atoms with Gasteiger partial charge in [-0.25, -0.2) is 0 Å². The third kappa shape index (κ3) is 1.93. The number of hydrogen-bond acceptors (Lipinski definition) is 2. The van der Waals surface area contributed by atoms with Gasteiger partial charge in [-0.2, -0.15) is 0 Å². The molecule has 0 bridgehead atoms. The van der Waals surface area contributed by atoms with Crippen LogP contribution in [-0.2, 0) is 11.4 Å². The fourth-order valence-corrected chi connectivity index (χ4v) is 2.85. The quantitative estimate of drug-likeness (QED) is 0.635. The van der Waals surface area contributed by atoms with E-state index in [-0.39, 0.29) is 12.5 Å². The highest BCUT2D eigenvalue weighted by atomic mass is 16.3. The number of aromatic nitrogens is 1. The summed E-state index contributed by atoms with van der Waals surface area (Å²) in [5.41, 5.74) is 5.05. The molecule has 3 N–H and O–H groups in total. The summed E-state index contributed by atoms with van der Waals surface area (Å²) in [6.07, 6.45) is 3.79. The lowest BCUT2D eigenvalue weighted by Gasteiger charge is -2.01. The Morgan fingerprint density at radius 3 is 2.86 bits per heavy atom. The molecule has 22 heavy (non-hydrogen) atoms. The van der Waals surface area contributed by atoms with E-state index < -0.39 is 0 Å². The van der Waals surface area contributed by atoms with Gasteiger partial charge in [-0.1, -0.05) is 24.3 Å². The van der Waals surface area contributed by atoms with Crippen molar-refractivity contribution in [2.45, 2.75) is 6.61 Å². The van der Waals surface area contributed by atoms with E-state index in [1.165, 1.54) is 0 Å². The molecule has 0 spiro atoms. The van der Waals surface area contributed by atoms with E-state index in [4.69, 9.17) is 0 Å². The van der Waals surface area contributed by atoms with Crippen LogP contribution in [0.5, 0.6) is 0 Å². The summed E-state index contributed by atoms with van der Waals surface area (Å²) in [6.45, 7) is -0.0398. The normalized spacial score (nSPS) is 15.3. The predicted octanol–water partition coefficient (Wildman–Crippen LogP) is 3.15. The molecule has 4 nitrogen and oxygen atoms in total. The highest BCUT2D eigenvalue weighted by Gasteiger charge is 2.24. The van der Waals surface area contributed by atoms with Crippen LogP contribution in [0.25, 0.3) is 22.6 Å². The first-order chi connectivity index (χ1) is 10.8. The SMILES string of the molecule is O=C1Nc2ccc(CO)cc2C1=Cc1c[nH]c2ccccc12. The molecule has 1 aliphatic rings. The van der Waals surface area contributed by atoms with Gasteiger partial charge in [0.05, 0.1) is 6.61 Å². The first-order valence-corrected chi connectivity index (χ1v) is 7.09. The highest BCUT2D eigenvalue weighted by Crippen LogP contribution is 2.34. The third-order valence-electron chi connectivity index (χ3n) is 3.97. The van der Waals surface area contributed by atoms with E-state index in [1.807, 2.05) is 54.7 Å². The molecule has 0 atom stereocenters. The molecular weight excluding hydrogens is 276 g/mol. The number of carbonyl (C=O) groups excluding carboxylic acids is 1. The molecule has 1 aliphatic heterocycles. The van der Waals surface area contributed by atoms with Gasteiger partial charge in [-0.05, 0) is 29.8 Å². The molecule has 0 saturated carbocycles. The summed E-state index contributed by atoms with van der Waals surface area (Å²) in [5, 5.41) is 13.2. The maximum absolute atomic E-state index is 12.2. The Bertz CT molecular complexity index is 922. The van der Waals surface area contributed by atoms with Crippen molar-refractivity contribution < 1.29 is 9.90 Å². The lowest BCUT2D eigenvalue weighted by atomic mass is 10.0. The van der Waals surface area contributed by atoms with Crippen LogP contribution in [-0.4, -0.2) is 16.0 Å². The average Bonchev–Trinajstić information content (AvgIpc) is 3.09. The molecule has 0 saturated heterocycles. The number of aliphatic hydroxyl groups excluding tert-OH is 1. The molecule has 2 heterocycles. The van der Waals surface area contributed by atoms with Crippen LogP contribution in [0.2, 0.25) is 0 Å². The fraction of sp³-hybridized carbons (Fsp3) is 0.0556. The molecule has 0 unspecified atom stereocenters. The zero-order valence-electron chi connectivity index (χ0n) is 11.8. The van der Waals surface area contributed by atoms with E-state index in [0.717, 1.165) is 33.3 Å². The molecule has 2 aromatic carbocycles. The number of carbonyl (C=O) groups is 1. The zero-order chi connectivity index (χ0) is 15.1. The Balaban J connectivity index is 1.88. The van der Waals surface area contributed by atoms with Crippen LogP contribution in [0.15, 0.2) is 48.7 Å². The van der Waals surface area contributed by atoms with Gasteiger partial charge in [0.25, 0.3) is 5.91 Å². The van der Waals surface area contributed by atoms with Crippen LogP contribution in [0.4, 0.5) is 5.69 Å². The van der Waals surface area contributed by atoms with Crippen LogP contribution < -0.4 is 5.32 Å². The van der Waals surface area contributed by atoms with Crippen molar-refractivity contribution in [2.24, 2.45) is 0 Å². The Morgan fingerprint density at radius 2 is 2.00 bits per heavy atom. The summed E-state index contributed by atoms with van der Waals surface area (Å²) >= 11 is 0. The first kappa shape index (κ1) is 12.9. The van der Waals surface area contributed by atoms with E-state index in [1.54, 1.807) is 0 Å². The maximum atomic E-state index is 12.2. The summed E-state index contributed by atoms with van der Waals surface area (Å²) in [6, 6.07) is 13.5. The van der Waals surface area contributed by atoms with E-state index in [0.29, 0.717) is 5.57 Å². The van der Waals surface area contributed by atoms with Gasteiger partial charge in [0.15, 0.2) is 0 Å². The van der Waals surface area contributed by atoms with Gasteiger partial charge < -0.3 is 15.4 Å². The van der Waals surface area contributed by atoms with Crippen molar-refractivity contribution in [1.29, 1.82) is 0 Å². The predicted molar refractivity (Wildman–Crippen MR) is 87.2 cm³/mol. The number of nitrogens with one attached hydrogen (secondary N) is 2. The smallest absolute Gasteiger partial charge is 0.256 e. The minimum absolute atomic E-state index is 0.0398. The topological polar surface area (TPSA) is 65.1 Å². The van der Waals surface area contributed by atoms with Crippen molar-refractivity contribution >= 4 is 34.1 Å². The number of para-hydroxylation sites is 1. The summed E-state index contributed by atoms with van der Waals surface area (Å²) in [7, 11) is 0. The number of hydrogen-bond donors (Lipinski definition) is 3.